The van der Waals surface area contributed by atoms with Crippen LogP contribution in [0.3, 0.4) is 0 Å². The molecule has 192 valence electrons. The maximum atomic E-state index is 12.2. The Bertz CT molecular complexity index is 1110. The summed E-state index contributed by atoms with van der Waals surface area (Å²) in [5.74, 6) is 1.49. The molecule has 0 radical (unpaired) electrons. The highest BCUT2D eigenvalue weighted by Gasteiger charge is 2.65. The van der Waals surface area contributed by atoms with Crippen LogP contribution in [0.1, 0.15) is 76.2 Å². The van der Waals surface area contributed by atoms with Gasteiger partial charge in [0.15, 0.2) is 11.5 Å². The number of aliphatic hydroxyl groups is 3. The van der Waals surface area contributed by atoms with Crippen LogP contribution in [-0.4, -0.2) is 51.7 Å². The minimum atomic E-state index is -1.09. The molecule has 0 bridgehead atoms. The molecule has 4 aliphatic carbocycles. The summed E-state index contributed by atoms with van der Waals surface area (Å²) in [4.78, 5) is 4.43. The second kappa shape index (κ2) is 8.98. The van der Waals surface area contributed by atoms with Gasteiger partial charge in [-0.15, -0.1) is 0 Å². The van der Waals surface area contributed by atoms with Crippen LogP contribution in [0.25, 0.3) is 16.7 Å². The summed E-state index contributed by atoms with van der Waals surface area (Å²) in [5.41, 5.74) is 1.74. The number of allylic oxidation sites excluding steroid dienone is 2. The molecule has 4 aliphatic rings. The highest BCUT2D eigenvalue weighted by atomic mass is 16.4. The van der Waals surface area contributed by atoms with E-state index >= 15 is 0 Å². The third-order valence-electron chi connectivity index (χ3n) is 9.80. The maximum Gasteiger partial charge on any atom is 0.192 e. The summed E-state index contributed by atoms with van der Waals surface area (Å²) in [6.45, 7) is 4.15. The van der Waals surface area contributed by atoms with Crippen molar-refractivity contribution in [1.82, 2.24) is 10.3 Å². The Balaban J connectivity index is 0.000000806. The van der Waals surface area contributed by atoms with E-state index in [1.54, 1.807) is 0 Å². The molecule has 0 saturated heterocycles. The smallest absolute Gasteiger partial charge is 0.192 e. The molecule has 6 unspecified atom stereocenters. The summed E-state index contributed by atoms with van der Waals surface area (Å²) in [7, 11) is 3.75. The Morgan fingerprint density at radius 1 is 1.06 bits per heavy atom. The summed E-state index contributed by atoms with van der Waals surface area (Å²) in [5, 5.41) is 37.2. The van der Waals surface area contributed by atoms with Gasteiger partial charge in [0.1, 0.15) is 5.52 Å². The van der Waals surface area contributed by atoms with Crippen molar-refractivity contribution in [2.75, 3.05) is 14.1 Å². The number of hydrogen-bond donors (Lipinski definition) is 4. The van der Waals surface area contributed by atoms with Gasteiger partial charge in [-0.3, -0.25) is 0 Å². The fourth-order valence-electron chi connectivity index (χ4n) is 8.07. The summed E-state index contributed by atoms with van der Waals surface area (Å²) in [6.07, 6.45) is 9.15. The zero-order valence-electron chi connectivity index (χ0n) is 21.7. The van der Waals surface area contributed by atoms with Crippen molar-refractivity contribution in [3.8, 4) is 0 Å². The number of aromatic nitrogens is 1. The lowest BCUT2D eigenvalue weighted by Crippen LogP contribution is -2.64. The van der Waals surface area contributed by atoms with Crippen LogP contribution in [-0.2, 0) is 0 Å². The van der Waals surface area contributed by atoms with E-state index < -0.39 is 11.2 Å². The van der Waals surface area contributed by atoms with E-state index in [4.69, 9.17) is 4.42 Å². The Labute approximate surface area is 208 Å². The summed E-state index contributed by atoms with van der Waals surface area (Å²) in [6, 6.07) is 6.23. The van der Waals surface area contributed by atoms with E-state index in [2.05, 4.69) is 35.4 Å². The lowest BCUT2D eigenvalue weighted by molar-refractivity contribution is -0.228. The molecule has 0 amide bonds. The van der Waals surface area contributed by atoms with Crippen molar-refractivity contribution in [2.45, 2.75) is 88.9 Å². The monoisotopic (exact) mass is 482 g/mol. The van der Waals surface area contributed by atoms with Crippen LogP contribution < -0.4 is 5.32 Å². The van der Waals surface area contributed by atoms with Gasteiger partial charge < -0.3 is 25.1 Å². The lowest BCUT2D eigenvalue weighted by Gasteiger charge is -2.57. The van der Waals surface area contributed by atoms with Crippen LogP contribution in [0.5, 0.6) is 0 Å². The Morgan fingerprint density at radius 3 is 2.60 bits per heavy atom. The number of aliphatic hydroxyl groups excluding tert-OH is 1. The molecule has 3 saturated carbocycles. The molecule has 35 heavy (non-hydrogen) atoms. The number of hydrogen-bond acceptors (Lipinski definition) is 6. The van der Waals surface area contributed by atoms with Gasteiger partial charge in [-0.25, -0.2) is 4.98 Å². The molecular formula is C29H42N2O4. The van der Waals surface area contributed by atoms with Gasteiger partial charge in [-0.2, -0.15) is 0 Å². The van der Waals surface area contributed by atoms with Gasteiger partial charge in [-0.1, -0.05) is 19.1 Å². The Kier molecular flexibility index (Phi) is 6.40. The second-order valence-electron chi connectivity index (χ2n) is 11.9. The molecule has 6 nitrogen and oxygen atoms in total. The highest BCUT2D eigenvalue weighted by molar-refractivity contribution is 5.82. The van der Waals surface area contributed by atoms with Gasteiger partial charge in [0, 0.05) is 12.8 Å². The van der Waals surface area contributed by atoms with Crippen LogP contribution in [0, 0.1) is 30.1 Å². The van der Waals surface area contributed by atoms with E-state index in [0.717, 1.165) is 55.2 Å². The van der Waals surface area contributed by atoms with Crippen LogP contribution in [0.2, 0.25) is 0 Å². The minimum Gasteiger partial charge on any atom is -0.441 e. The van der Waals surface area contributed by atoms with Crippen LogP contribution >= 0.6 is 0 Å². The van der Waals surface area contributed by atoms with Crippen molar-refractivity contribution in [3.05, 3.63) is 35.7 Å². The first-order valence-corrected chi connectivity index (χ1v) is 13.4. The molecule has 4 N–H and O–H groups in total. The fourth-order valence-corrected chi connectivity index (χ4v) is 8.07. The Hall–Kier alpha value is -1.73. The first kappa shape index (κ1) is 24.9. The summed E-state index contributed by atoms with van der Waals surface area (Å²) < 4.78 is 5.79. The van der Waals surface area contributed by atoms with Gasteiger partial charge in [-0.05, 0) is 112 Å². The van der Waals surface area contributed by atoms with Gasteiger partial charge in [0.05, 0.1) is 17.3 Å². The van der Waals surface area contributed by atoms with E-state index in [9.17, 15) is 15.3 Å². The minimum absolute atomic E-state index is 0.000913. The third-order valence-corrected chi connectivity index (χ3v) is 9.80. The number of nitrogens with zero attached hydrogens (tertiary/aromatic N) is 1. The predicted octanol–water partition coefficient (Wildman–Crippen LogP) is 4.60. The molecule has 3 fully saturated rings. The SMILES string of the molecule is CNC.Cc1nc2ccc(C3=CCC4C3(C)CCC3(O)CC5CC(O)CCC5CC[C@]43O)cc2o1. The first-order valence-electron chi connectivity index (χ1n) is 13.4. The van der Waals surface area contributed by atoms with E-state index in [1.165, 1.54) is 5.57 Å². The van der Waals surface area contributed by atoms with E-state index in [1.807, 2.05) is 27.1 Å². The molecular weight excluding hydrogens is 440 g/mol. The zero-order chi connectivity index (χ0) is 25.0. The van der Waals surface area contributed by atoms with Crippen molar-refractivity contribution in [1.29, 1.82) is 0 Å². The number of nitrogens with one attached hydrogen (secondary N) is 1. The first-order chi connectivity index (χ1) is 16.6. The van der Waals surface area contributed by atoms with Crippen molar-refractivity contribution in [2.24, 2.45) is 23.2 Å². The molecule has 1 heterocycles. The zero-order valence-corrected chi connectivity index (χ0v) is 21.7. The number of oxazole rings is 1. The third kappa shape index (κ3) is 3.97. The average molecular weight is 483 g/mol. The van der Waals surface area contributed by atoms with Crippen molar-refractivity contribution >= 4 is 16.7 Å². The van der Waals surface area contributed by atoms with Crippen LogP contribution in [0.15, 0.2) is 28.7 Å². The number of fused-ring (bicyclic) bond motifs is 5. The van der Waals surface area contributed by atoms with E-state index in [0.29, 0.717) is 37.0 Å². The molecule has 0 spiro atoms. The highest BCUT2D eigenvalue weighted by Crippen LogP contribution is 2.65. The lowest BCUT2D eigenvalue weighted by atomic mass is 9.52. The molecule has 1 aromatic carbocycles. The molecule has 7 atom stereocenters. The quantitative estimate of drug-likeness (QED) is 0.474. The predicted molar refractivity (Wildman–Crippen MR) is 138 cm³/mol. The topological polar surface area (TPSA) is 98.8 Å². The number of aryl methyl sites for hydroxylation is 1. The second-order valence-corrected chi connectivity index (χ2v) is 11.9. The van der Waals surface area contributed by atoms with E-state index in [-0.39, 0.29) is 17.4 Å². The van der Waals surface area contributed by atoms with Crippen LogP contribution in [0.4, 0.5) is 0 Å². The Morgan fingerprint density at radius 2 is 1.83 bits per heavy atom. The maximum absolute atomic E-state index is 12.2. The van der Waals surface area contributed by atoms with Gasteiger partial charge in [0.2, 0.25) is 0 Å². The largest absolute Gasteiger partial charge is 0.441 e. The molecule has 2 aromatic rings. The average Bonchev–Trinajstić information content (AvgIpc) is 3.32. The number of rotatable bonds is 1. The van der Waals surface area contributed by atoms with Gasteiger partial charge in [0.25, 0.3) is 0 Å². The molecule has 0 aliphatic heterocycles. The number of benzene rings is 1. The van der Waals surface area contributed by atoms with Gasteiger partial charge >= 0.3 is 0 Å². The fraction of sp³-hybridized carbons (Fsp3) is 0.690. The van der Waals surface area contributed by atoms with Crippen molar-refractivity contribution in [3.63, 3.8) is 0 Å². The normalized spacial score (nSPS) is 40.6. The molecule has 6 rings (SSSR count). The standard InChI is InChI=1S/C27H35NO4.C2H7N/c1-16-28-22-7-4-18(14-23(22)32-16)21-6-8-24-25(21,2)11-12-26(30)15-19-13-20(29)5-3-17(19)9-10-27(24,26)31;1-3-2/h4,6-7,14,17,19-20,24,29-31H,3,5,8-13,15H2,1-2H3;3H,1-2H3/t17?,19?,20?,24?,25?,26?,27-;/m0./s1. The molecule has 1 aromatic heterocycles. The van der Waals surface area contributed by atoms with Crippen molar-refractivity contribution < 1.29 is 19.7 Å². The summed E-state index contributed by atoms with van der Waals surface area (Å²) >= 11 is 0. The molecule has 6 heteroatoms.